The first kappa shape index (κ1) is 16.4. The average Bonchev–Trinajstić information content (AvgIpc) is 3.02. The third-order valence-electron chi connectivity index (χ3n) is 3.17. The number of nitrogens with one attached hydrogen (secondary N) is 2. The number of furan rings is 1. The molecule has 118 valence electrons. The quantitative estimate of drug-likeness (QED) is 0.608. The van der Waals surface area contributed by atoms with Crippen LogP contribution >= 0.6 is 11.6 Å². The molecule has 0 saturated carbocycles. The Morgan fingerprint density at radius 3 is 2.64 bits per heavy atom. The van der Waals surface area contributed by atoms with Gasteiger partial charge in [0.25, 0.3) is 0 Å². The molecule has 5 heteroatoms. The van der Waals surface area contributed by atoms with Gasteiger partial charge in [-0.25, -0.2) is 0 Å². The van der Waals surface area contributed by atoms with Crippen molar-refractivity contribution < 1.29 is 4.42 Å². The van der Waals surface area contributed by atoms with E-state index < -0.39 is 0 Å². The van der Waals surface area contributed by atoms with Gasteiger partial charge in [0.15, 0.2) is 5.96 Å². The molecule has 4 nitrogen and oxygen atoms in total. The van der Waals surface area contributed by atoms with Gasteiger partial charge in [-0.3, -0.25) is 4.99 Å². The van der Waals surface area contributed by atoms with E-state index in [1.54, 1.807) is 6.26 Å². The maximum absolute atomic E-state index is 5.88. The highest BCUT2D eigenvalue weighted by atomic mass is 35.5. The minimum atomic E-state index is 0.698. The average molecular weight is 320 g/mol. The van der Waals surface area contributed by atoms with Gasteiger partial charge in [0, 0.05) is 31.1 Å². The van der Waals surface area contributed by atoms with E-state index in [4.69, 9.17) is 16.0 Å². The summed E-state index contributed by atoms with van der Waals surface area (Å²) >= 11 is 5.88. The third-order valence-corrected chi connectivity index (χ3v) is 3.42. The van der Waals surface area contributed by atoms with Crippen LogP contribution in [0.15, 0.2) is 52.1 Å². The summed E-state index contributed by atoms with van der Waals surface area (Å²) in [6.07, 6.45) is 3.43. The van der Waals surface area contributed by atoms with E-state index in [1.165, 1.54) is 5.56 Å². The fourth-order valence-corrected chi connectivity index (χ4v) is 2.18. The lowest BCUT2D eigenvalue weighted by molar-refractivity contribution is 0.510. The van der Waals surface area contributed by atoms with Crippen molar-refractivity contribution in [1.82, 2.24) is 10.6 Å². The Morgan fingerprint density at radius 2 is 1.95 bits per heavy atom. The molecule has 0 aliphatic heterocycles. The Hall–Kier alpha value is -1.94. The van der Waals surface area contributed by atoms with Crippen molar-refractivity contribution in [1.29, 1.82) is 0 Å². The molecule has 2 N–H and O–H groups in total. The predicted octanol–water partition coefficient (Wildman–Crippen LogP) is 3.27. The monoisotopic (exact) mass is 319 g/mol. The number of rotatable bonds is 7. The lowest BCUT2D eigenvalue weighted by Gasteiger charge is -2.11. The van der Waals surface area contributed by atoms with E-state index >= 15 is 0 Å². The second kappa shape index (κ2) is 9.15. The van der Waals surface area contributed by atoms with Gasteiger partial charge in [-0.1, -0.05) is 23.7 Å². The topological polar surface area (TPSA) is 49.6 Å². The summed E-state index contributed by atoms with van der Waals surface area (Å²) < 4.78 is 5.30. The minimum absolute atomic E-state index is 0.698. The van der Waals surface area contributed by atoms with Crippen molar-refractivity contribution >= 4 is 17.6 Å². The molecule has 0 saturated heterocycles. The minimum Gasteiger partial charge on any atom is -0.469 e. The fraction of sp³-hybridized carbons (Fsp3) is 0.353. The summed E-state index contributed by atoms with van der Waals surface area (Å²) in [7, 11) is 0. The molecule has 0 spiro atoms. The number of hydrogen-bond acceptors (Lipinski definition) is 2. The Kier molecular flexibility index (Phi) is 6.84. The van der Waals surface area contributed by atoms with Crippen LogP contribution in [-0.4, -0.2) is 25.6 Å². The highest BCUT2D eigenvalue weighted by molar-refractivity contribution is 6.30. The zero-order chi connectivity index (χ0) is 15.6. The van der Waals surface area contributed by atoms with E-state index in [1.807, 2.05) is 36.4 Å². The Balaban J connectivity index is 1.76. The predicted molar refractivity (Wildman–Crippen MR) is 91.5 cm³/mol. The first-order valence-corrected chi connectivity index (χ1v) is 7.94. The molecule has 1 heterocycles. The maximum Gasteiger partial charge on any atom is 0.191 e. The first-order valence-electron chi connectivity index (χ1n) is 7.57. The Labute approximate surface area is 136 Å². The molecule has 22 heavy (non-hydrogen) atoms. The molecule has 2 aromatic rings. The Morgan fingerprint density at radius 1 is 1.14 bits per heavy atom. The highest BCUT2D eigenvalue weighted by Gasteiger charge is 1.99. The summed E-state index contributed by atoms with van der Waals surface area (Å²) in [5.41, 5.74) is 1.25. The zero-order valence-electron chi connectivity index (χ0n) is 12.8. The summed E-state index contributed by atoms with van der Waals surface area (Å²) in [5.74, 6) is 1.80. The molecule has 0 radical (unpaired) electrons. The summed E-state index contributed by atoms with van der Waals surface area (Å²) in [5, 5.41) is 7.35. The van der Waals surface area contributed by atoms with E-state index in [9.17, 15) is 0 Å². The number of nitrogens with zero attached hydrogens (tertiary/aromatic N) is 1. The lowest BCUT2D eigenvalue weighted by Crippen LogP contribution is -2.38. The summed E-state index contributed by atoms with van der Waals surface area (Å²) in [6.45, 7) is 4.43. The van der Waals surface area contributed by atoms with Crippen molar-refractivity contribution in [2.24, 2.45) is 4.99 Å². The van der Waals surface area contributed by atoms with Crippen LogP contribution in [0.2, 0.25) is 5.02 Å². The molecule has 2 rings (SSSR count). The smallest absolute Gasteiger partial charge is 0.191 e. The van der Waals surface area contributed by atoms with Crippen LogP contribution in [0.1, 0.15) is 18.2 Å². The van der Waals surface area contributed by atoms with Crippen molar-refractivity contribution in [2.75, 3.05) is 19.6 Å². The van der Waals surface area contributed by atoms with E-state index in [2.05, 4.69) is 22.5 Å². The normalized spacial score (nSPS) is 11.5. The molecule has 0 aliphatic carbocycles. The van der Waals surface area contributed by atoms with Crippen LogP contribution < -0.4 is 10.6 Å². The van der Waals surface area contributed by atoms with Crippen LogP contribution in [0.4, 0.5) is 0 Å². The molecular weight excluding hydrogens is 298 g/mol. The second-order valence-electron chi connectivity index (χ2n) is 4.89. The lowest BCUT2D eigenvalue weighted by atomic mass is 10.1. The number of guanidine groups is 1. The highest BCUT2D eigenvalue weighted by Crippen LogP contribution is 2.09. The molecule has 0 atom stereocenters. The van der Waals surface area contributed by atoms with Crippen molar-refractivity contribution in [3.8, 4) is 0 Å². The van der Waals surface area contributed by atoms with Crippen LogP contribution in [0, 0.1) is 0 Å². The van der Waals surface area contributed by atoms with Gasteiger partial charge in [0.1, 0.15) is 5.76 Å². The SMILES string of the molecule is CCNC(=NCCc1ccco1)NCCc1ccc(Cl)cc1. The van der Waals surface area contributed by atoms with Gasteiger partial charge in [-0.2, -0.15) is 0 Å². The largest absolute Gasteiger partial charge is 0.469 e. The number of hydrogen-bond donors (Lipinski definition) is 2. The van der Waals surface area contributed by atoms with Gasteiger partial charge in [0.2, 0.25) is 0 Å². The van der Waals surface area contributed by atoms with E-state index in [0.717, 1.165) is 42.7 Å². The van der Waals surface area contributed by atoms with Crippen LogP contribution in [-0.2, 0) is 12.8 Å². The number of benzene rings is 1. The van der Waals surface area contributed by atoms with Crippen molar-refractivity contribution in [3.63, 3.8) is 0 Å². The zero-order valence-corrected chi connectivity index (χ0v) is 13.6. The standard InChI is InChI=1S/C17H22ClN3O/c1-2-19-17(21-12-10-16-4-3-13-22-16)20-11-9-14-5-7-15(18)8-6-14/h3-8,13H,2,9-12H2,1H3,(H2,19,20,21). The van der Waals surface area contributed by atoms with Crippen LogP contribution in [0.25, 0.3) is 0 Å². The Bertz CT molecular complexity index is 564. The maximum atomic E-state index is 5.88. The van der Waals surface area contributed by atoms with Crippen LogP contribution in [0.3, 0.4) is 0 Å². The number of aliphatic imine (C=N–C) groups is 1. The second-order valence-corrected chi connectivity index (χ2v) is 5.33. The fourth-order valence-electron chi connectivity index (χ4n) is 2.05. The van der Waals surface area contributed by atoms with Gasteiger partial charge >= 0.3 is 0 Å². The molecule has 1 aromatic carbocycles. The molecule has 0 fully saturated rings. The molecule has 0 aliphatic rings. The van der Waals surface area contributed by atoms with Crippen molar-refractivity contribution in [2.45, 2.75) is 19.8 Å². The molecule has 0 bridgehead atoms. The van der Waals surface area contributed by atoms with Gasteiger partial charge < -0.3 is 15.1 Å². The van der Waals surface area contributed by atoms with E-state index in [-0.39, 0.29) is 0 Å². The molecule has 0 amide bonds. The van der Waals surface area contributed by atoms with Gasteiger partial charge in [-0.15, -0.1) is 0 Å². The molecular formula is C17H22ClN3O. The van der Waals surface area contributed by atoms with Gasteiger partial charge in [0.05, 0.1) is 6.26 Å². The molecule has 1 aromatic heterocycles. The number of halogens is 1. The van der Waals surface area contributed by atoms with Crippen LogP contribution in [0.5, 0.6) is 0 Å². The summed E-state index contributed by atoms with van der Waals surface area (Å²) in [6, 6.07) is 11.8. The first-order chi connectivity index (χ1) is 10.8. The van der Waals surface area contributed by atoms with Crippen molar-refractivity contribution in [3.05, 3.63) is 59.0 Å². The summed E-state index contributed by atoms with van der Waals surface area (Å²) in [4.78, 5) is 4.55. The molecule has 0 unspecified atom stereocenters. The third kappa shape index (κ3) is 5.82. The van der Waals surface area contributed by atoms with Gasteiger partial charge in [-0.05, 0) is 43.2 Å². The van der Waals surface area contributed by atoms with E-state index in [0.29, 0.717) is 6.54 Å².